The Morgan fingerprint density at radius 3 is 2.89 bits per heavy atom. The Bertz CT molecular complexity index is 802. The van der Waals surface area contributed by atoms with Gasteiger partial charge in [0.15, 0.2) is 11.5 Å². The van der Waals surface area contributed by atoms with E-state index in [-0.39, 0.29) is 25.2 Å². The number of fused-ring (bicyclic) bond motifs is 1. The first-order chi connectivity index (χ1) is 13.2. The molecule has 0 saturated heterocycles. The van der Waals surface area contributed by atoms with Crippen LogP contribution in [-0.4, -0.2) is 30.3 Å². The first-order valence-corrected chi connectivity index (χ1v) is 10.4. The molecule has 3 N–H and O–H groups in total. The Kier molecular flexibility index (Phi) is 5.59. The molecule has 1 fully saturated rings. The summed E-state index contributed by atoms with van der Waals surface area (Å²) in [5.41, 5.74) is 7.67. The summed E-state index contributed by atoms with van der Waals surface area (Å²) in [6, 6.07) is 5.86. The highest BCUT2D eigenvalue weighted by Gasteiger charge is 2.24. The number of hydrogen-bond acceptors (Lipinski definition) is 6. The van der Waals surface area contributed by atoms with E-state index in [9.17, 15) is 4.79 Å². The van der Waals surface area contributed by atoms with Crippen molar-refractivity contribution in [2.24, 2.45) is 11.7 Å². The summed E-state index contributed by atoms with van der Waals surface area (Å²) in [7, 11) is 0. The molecule has 1 amide bonds. The van der Waals surface area contributed by atoms with Crippen LogP contribution in [0.2, 0.25) is 0 Å². The van der Waals surface area contributed by atoms with Crippen LogP contribution in [0.15, 0.2) is 23.6 Å². The van der Waals surface area contributed by atoms with Crippen molar-refractivity contribution in [2.45, 2.75) is 44.6 Å². The maximum Gasteiger partial charge on any atom is 0.231 e. The molecule has 1 aromatic carbocycles. The van der Waals surface area contributed by atoms with Crippen molar-refractivity contribution >= 4 is 17.2 Å². The smallest absolute Gasteiger partial charge is 0.231 e. The molecule has 2 aliphatic rings. The molecule has 1 aromatic heterocycles. The van der Waals surface area contributed by atoms with Gasteiger partial charge in [0.05, 0.1) is 12.1 Å². The van der Waals surface area contributed by atoms with Crippen LogP contribution in [0, 0.1) is 5.92 Å². The average Bonchev–Trinajstić information content (AvgIpc) is 3.35. The molecule has 1 saturated carbocycles. The fraction of sp³-hybridized carbons (Fsp3) is 0.500. The summed E-state index contributed by atoms with van der Waals surface area (Å²) in [5, 5.41) is 5.95. The lowest BCUT2D eigenvalue weighted by Crippen LogP contribution is -2.46. The number of amides is 1. The minimum Gasteiger partial charge on any atom is -0.454 e. The third-order valence-corrected chi connectivity index (χ3v) is 6.27. The van der Waals surface area contributed by atoms with E-state index in [1.807, 2.05) is 23.6 Å². The summed E-state index contributed by atoms with van der Waals surface area (Å²) in [6.45, 7) is 0.751. The lowest BCUT2D eigenvalue weighted by molar-refractivity contribution is -0.121. The summed E-state index contributed by atoms with van der Waals surface area (Å²) in [4.78, 5) is 17.1. The second-order valence-corrected chi connectivity index (χ2v) is 8.05. The molecular formula is C20H25N3O3S. The third kappa shape index (κ3) is 4.25. The zero-order chi connectivity index (χ0) is 18.6. The Balaban J connectivity index is 1.37. The van der Waals surface area contributed by atoms with Gasteiger partial charge in [0.1, 0.15) is 5.01 Å². The van der Waals surface area contributed by atoms with Gasteiger partial charge in [0, 0.05) is 23.5 Å². The fourth-order valence-corrected chi connectivity index (χ4v) is 4.70. The minimum absolute atomic E-state index is 0.00133. The van der Waals surface area contributed by atoms with E-state index in [1.165, 1.54) is 30.6 Å². The van der Waals surface area contributed by atoms with Crippen molar-refractivity contribution < 1.29 is 14.3 Å². The zero-order valence-corrected chi connectivity index (χ0v) is 16.1. The van der Waals surface area contributed by atoms with Gasteiger partial charge in [0.2, 0.25) is 12.7 Å². The first kappa shape index (κ1) is 18.3. The maximum absolute atomic E-state index is 12.5. The fourth-order valence-electron chi connectivity index (χ4n) is 3.88. The number of nitrogens with one attached hydrogen (secondary N) is 1. The molecule has 1 atom stereocenters. The highest BCUT2D eigenvalue weighted by Crippen LogP contribution is 2.36. The predicted octanol–water partition coefficient (Wildman–Crippen LogP) is 3.11. The number of aromatic nitrogens is 1. The number of benzene rings is 1. The largest absolute Gasteiger partial charge is 0.454 e. The quantitative estimate of drug-likeness (QED) is 0.795. The van der Waals surface area contributed by atoms with Gasteiger partial charge in [0.25, 0.3) is 0 Å². The monoisotopic (exact) mass is 387 g/mol. The molecule has 1 aliphatic carbocycles. The summed E-state index contributed by atoms with van der Waals surface area (Å²) >= 11 is 1.53. The molecular weight excluding hydrogens is 362 g/mol. The number of carbonyl (C=O) groups excluding carboxylic acids is 1. The van der Waals surface area contributed by atoms with Crippen LogP contribution in [-0.2, 0) is 11.2 Å². The summed E-state index contributed by atoms with van der Waals surface area (Å²) < 4.78 is 10.8. The van der Waals surface area contributed by atoms with E-state index in [2.05, 4.69) is 10.3 Å². The number of thiazole rings is 1. The molecule has 4 rings (SSSR count). The van der Waals surface area contributed by atoms with E-state index >= 15 is 0 Å². The number of nitrogens with zero attached hydrogens (tertiary/aromatic N) is 1. The van der Waals surface area contributed by atoms with Crippen LogP contribution in [0.4, 0.5) is 0 Å². The van der Waals surface area contributed by atoms with Crippen molar-refractivity contribution in [1.82, 2.24) is 10.3 Å². The average molecular weight is 388 g/mol. The zero-order valence-electron chi connectivity index (χ0n) is 15.3. The molecule has 1 unspecified atom stereocenters. The van der Waals surface area contributed by atoms with Gasteiger partial charge in [-0.05, 0) is 37.0 Å². The SMILES string of the molecule is NCC(NC(=O)Cc1csc(-c2ccc3c(c2)OCO3)n1)C1CCCCC1. The number of carbonyl (C=O) groups is 1. The Morgan fingerprint density at radius 2 is 2.07 bits per heavy atom. The maximum atomic E-state index is 12.5. The van der Waals surface area contributed by atoms with Crippen LogP contribution in [0.25, 0.3) is 10.6 Å². The first-order valence-electron chi connectivity index (χ1n) is 9.57. The van der Waals surface area contributed by atoms with Crippen molar-refractivity contribution in [1.29, 1.82) is 0 Å². The Labute approximate surface area is 163 Å². The number of rotatable bonds is 6. The minimum atomic E-state index is -0.00133. The number of hydrogen-bond donors (Lipinski definition) is 2. The van der Waals surface area contributed by atoms with Crippen LogP contribution in [0.3, 0.4) is 0 Å². The van der Waals surface area contributed by atoms with E-state index in [4.69, 9.17) is 15.2 Å². The molecule has 2 heterocycles. The van der Waals surface area contributed by atoms with Crippen molar-refractivity contribution in [3.8, 4) is 22.1 Å². The lowest BCUT2D eigenvalue weighted by Gasteiger charge is -2.30. The Hall–Kier alpha value is -2.12. The molecule has 144 valence electrons. The second kappa shape index (κ2) is 8.27. The van der Waals surface area contributed by atoms with Gasteiger partial charge in [-0.15, -0.1) is 11.3 Å². The van der Waals surface area contributed by atoms with Crippen LogP contribution < -0.4 is 20.5 Å². The van der Waals surface area contributed by atoms with Gasteiger partial charge < -0.3 is 20.5 Å². The third-order valence-electron chi connectivity index (χ3n) is 5.33. The molecule has 0 radical (unpaired) electrons. The molecule has 0 bridgehead atoms. The van der Waals surface area contributed by atoms with Gasteiger partial charge in [-0.2, -0.15) is 0 Å². The normalized spacial score (nSPS) is 17.7. The molecule has 1 aliphatic heterocycles. The predicted molar refractivity (Wildman–Crippen MR) is 105 cm³/mol. The highest BCUT2D eigenvalue weighted by molar-refractivity contribution is 7.13. The van der Waals surface area contributed by atoms with E-state index < -0.39 is 0 Å². The van der Waals surface area contributed by atoms with E-state index in [0.29, 0.717) is 12.5 Å². The van der Waals surface area contributed by atoms with Crippen molar-refractivity contribution in [3.63, 3.8) is 0 Å². The molecule has 7 heteroatoms. The van der Waals surface area contributed by atoms with Gasteiger partial charge >= 0.3 is 0 Å². The van der Waals surface area contributed by atoms with E-state index in [0.717, 1.165) is 40.6 Å². The summed E-state index contributed by atoms with van der Waals surface area (Å²) in [6.07, 6.45) is 6.37. The molecule has 27 heavy (non-hydrogen) atoms. The van der Waals surface area contributed by atoms with Crippen LogP contribution in [0.5, 0.6) is 11.5 Å². The van der Waals surface area contributed by atoms with Crippen LogP contribution >= 0.6 is 11.3 Å². The molecule has 0 spiro atoms. The van der Waals surface area contributed by atoms with Gasteiger partial charge in [-0.1, -0.05) is 19.3 Å². The molecule has 2 aromatic rings. The molecule has 6 nitrogen and oxygen atoms in total. The standard InChI is InChI=1S/C20H25N3O3S/c21-10-16(13-4-2-1-3-5-13)23-19(24)9-15-11-27-20(22-15)14-6-7-17-18(8-14)26-12-25-17/h6-8,11,13,16H,1-5,9-10,12,21H2,(H,23,24). The van der Waals surface area contributed by atoms with Crippen molar-refractivity contribution in [2.75, 3.05) is 13.3 Å². The number of nitrogens with two attached hydrogens (primary N) is 1. The highest BCUT2D eigenvalue weighted by atomic mass is 32.1. The van der Waals surface area contributed by atoms with E-state index in [1.54, 1.807) is 0 Å². The lowest BCUT2D eigenvalue weighted by atomic mass is 9.84. The second-order valence-electron chi connectivity index (χ2n) is 7.20. The summed E-state index contributed by atoms with van der Waals surface area (Å²) in [5.74, 6) is 2.00. The van der Waals surface area contributed by atoms with Gasteiger partial charge in [-0.25, -0.2) is 4.98 Å². The van der Waals surface area contributed by atoms with Crippen LogP contribution in [0.1, 0.15) is 37.8 Å². The Morgan fingerprint density at radius 1 is 1.26 bits per heavy atom. The van der Waals surface area contributed by atoms with Crippen molar-refractivity contribution in [3.05, 3.63) is 29.3 Å². The number of ether oxygens (including phenoxy) is 2. The topological polar surface area (TPSA) is 86.5 Å². The van der Waals surface area contributed by atoms with Gasteiger partial charge in [-0.3, -0.25) is 4.79 Å².